The van der Waals surface area contributed by atoms with Gasteiger partial charge in [0.05, 0.1) is 15.9 Å². The predicted molar refractivity (Wildman–Crippen MR) is 82.4 cm³/mol. The minimum absolute atomic E-state index is 0.582. The highest BCUT2D eigenvalue weighted by Crippen LogP contribution is 2.42. The lowest BCUT2D eigenvalue weighted by Gasteiger charge is -2.08. The topological polar surface area (TPSA) is 67.7 Å². The van der Waals surface area contributed by atoms with Crippen LogP contribution >= 0.6 is 15.9 Å². The molecule has 6 nitrogen and oxygen atoms in total. The molecule has 0 spiro atoms. The van der Waals surface area contributed by atoms with Gasteiger partial charge >= 0.3 is 0 Å². The molecule has 0 bridgehead atoms. The highest BCUT2D eigenvalue weighted by molar-refractivity contribution is 9.10. The van der Waals surface area contributed by atoms with Gasteiger partial charge in [-0.3, -0.25) is 4.68 Å². The summed E-state index contributed by atoms with van der Waals surface area (Å²) in [5.41, 5.74) is 2.11. The van der Waals surface area contributed by atoms with E-state index in [2.05, 4.69) is 41.6 Å². The molecule has 7 heteroatoms. The molecule has 2 aromatic heterocycles. The second kappa shape index (κ2) is 5.40. The smallest absolute Gasteiger partial charge is 0.229 e. The molecule has 2 heterocycles. The summed E-state index contributed by atoms with van der Waals surface area (Å²) in [4.78, 5) is 8.77. The van der Waals surface area contributed by atoms with E-state index in [0.717, 1.165) is 28.2 Å². The van der Waals surface area contributed by atoms with E-state index in [1.807, 2.05) is 24.9 Å². The molecule has 1 fully saturated rings. The Balaban J connectivity index is 1.85. The van der Waals surface area contributed by atoms with Crippen LogP contribution in [0.2, 0.25) is 0 Å². The highest BCUT2D eigenvalue weighted by Gasteiger charge is 2.29. The zero-order valence-electron chi connectivity index (χ0n) is 11.5. The number of anilines is 3. The van der Waals surface area contributed by atoms with Gasteiger partial charge < -0.3 is 10.6 Å². The highest BCUT2D eigenvalue weighted by atomic mass is 79.9. The first-order valence-electron chi connectivity index (χ1n) is 6.74. The average Bonchev–Trinajstić information content (AvgIpc) is 3.19. The Kier molecular flexibility index (Phi) is 3.60. The Labute approximate surface area is 126 Å². The molecular formula is C13H17BrN6. The van der Waals surface area contributed by atoms with Crippen LogP contribution in [0.25, 0.3) is 0 Å². The standard InChI is InChI=1S/C13H17BrN6/c1-3-15-12-9(14)6-16-13(18-12)17-10-7-20(2)19-11(10)8-4-5-8/h6-8H,3-5H2,1-2H3,(H2,15,16,17,18). The molecule has 3 rings (SSSR count). The largest absolute Gasteiger partial charge is 0.369 e. The zero-order chi connectivity index (χ0) is 14.1. The molecule has 0 saturated heterocycles. The number of hydrogen-bond acceptors (Lipinski definition) is 5. The van der Waals surface area contributed by atoms with Crippen LogP contribution in [-0.2, 0) is 7.05 Å². The van der Waals surface area contributed by atoms with Gasteiger partial charge in [-0.1, -0.05) is 0 Å². The zero-order valence-corrected chi connectivity index (χ0v) is 13.1. The van der Waals surface area contributed by atoms with E-state index in [9.17, 15) is 0 Å². The lowest BCUT2D eigenvalue weighted by Crippen LogP contribution is -2.04. The van der Waals surface area contributed by atoms with Gasteiger partial charge in [-0.15, -0.1) is 0 Å². The number of halogens is 1. The summed E-state index contributed by atoms with van der Waals surface area (Å²) in [5, 5.41) is 11.0. The Hall–Kier alpha value is -1.63. The van der Waals surface area contributed by atoms with Gasteiger partial charge in [0.1, 0.15) is 5.82 Å². The summed E-state index contributed by atoms with van der Waals surface area (Å²) in [5.74, 6) is 1.96. The third-order valence-electron chi connectivity index (χ3n) is 3.16. The van der Waals surface area contributed by atoms with Crippen LogP contribution in [0.5, 0.6) is 0 Å². The summed E-state index contributed by atoms with van der Waals surface area (Å²) < 4.78 is 2.69. The molecule has 0 aromatic carbocycles. The summed E-state index contributed by atoms with van der Waals surface area (Å²) in [6, 6.07) is 0. The van der Waals surface area contributed by atoms with Crippen molar-refractivity contribution >= 4 is 33.4 Å². The van der Waals surface area contributed by atoms with E-state index in [4.69, 9.17) is 0 Å². The number of hydrogen-bond donors (Lipinski definition) is 2. The first-order valence-corrected chi connectivity index (χ1v) is 7.53. The predicted octanol–water partition coefficient (Wildman–Crippen LogP) is 3.03. The lowest BCUT2D eigenvalue weighted by molar-refractivity contribution is 0.744. The Morgan fingerprint density at radius 3 is 2.95 bits per heavy atom. The molecule has 20 heavy (non-hydrogen) atoms. The number of nitrogens with one attached hydrogen (secondary N) is 2. The van der Waals surface area contributed by atoms with Crippen LogP contribution < -0.4 is 10.6 Å². The van der Waals surface area contributed by atoms with Gasteiger partial charge in [0.2, 0.25) is 5.95 Å². The monoisotopic (exact) mass is 336 g/mol. The molecule has 0 amide bonds. The average molecular weight is 337 g/mol. The van der Waals surface area contributed by atoms with Gasteiger partial charge in [-0.25, -0.2) is 4.98 Å². The van der Waals surface area contributed by atoms with Crippen LogP contribution in [0.3, 0.4) is 0 Å². The lowest BCUT2D eigenvalue weighted by atomic mass is 10.2. The molecule has 0 atom stereocenters. The molecule has 1 aliphatic carbocycles. The van der Waals surface area contributed by atoms with Crippen LogP contribution in [0, 0.1) is 0 Å². The molecule has 0 radical (unpaired) electrons. The van der Waals surface area contributed by atoms with Crippen molar-refractivity contribution in [1.29, 1.82) is 0 Å². The summed E-state index contributed by atoms with van der Waals surface area (Å²) in [6.07, 6.45) is 6.16. The van der Waals surface area contributed by atoms with Gasteiger partial charge in [-0.05, 0) is 35.7 Å². The van der Waals surface area contributed by atoms with Crippen LogP contribution in [-0.4, -0.2) is 26.3 Å². The molecule has 2 aromatic rings. The van der Waals surface area contributed by atoms with Crippen molar-refractivity contribution in [2.45, 2.75) is 25.7 Å². The van der Waals surface area contributed by atoms with E-state index < -0.39 is 0 Å². The van der Waals surface area contributed by atoms with E-state index in [0.29, 0.717) is 11.9 Å². The number of rotatable bonds is 5. The van der Waals surface area contributed by atoms with E-state index >= 15 is 0 Å². The van der Waals surface area contributed by atoms with Crippen LogP contribution in [0.15, 0.2) is 16.9 Å². The second-order valence-corrected chi connectivity index (χ2v) is 5.78. The molecule has 0 unspecified atom stereocenters. The molecule has 2 N–H and O–H groups in total. The van der Waals surface area contributed by atoms with Crippen molar-refractivity contribution in [3.05, 3.63) is 22.6 Å². The third-order valence-corrected chi connectivity index (χ3v) is 3.74. The van der Waals surface area contributed by atoms with Gasteiger partial charge in [0.25, 0.3) is 0 Å². The Morgan fingerprint density at radius 1 is 1.45 bits per heavy atom. The third kappa shape index (κ3) is 2.77. The van der Waals surface area contributed by atoms with Crippen molar-refractivity contribution in [2.75, 3.05) is 17.2 Å². The van der Waals surface area contributed by atoms with Crippen molar-refractivity contribution in [2.24, 2.45) is 7.05 Å². The van der Waals surface area contributed by atoms with Crippen molar-refractivity contribution in [1.82, 2.24) is 19.7 Å². The van der Waals surface area contributed by atoms with E-state index in [-0.39, 0.29) is 0 Å². The Bertz CT molecular complexity index is 619. The summed E-state index contributed by atoms with van der Waals surface area (Å²) in [6.45, 7) is 2.85. The van der Waals surface area contributed by atoms with E-state index in [1.54, 1.807) is 6.20 Å². The van der Waals surface area contributed by atoms with Crippen molar-refractivity contribution < 1.29 is 0 Å². The van der Waals surface area contributed by atoms with Crippen molar-refractivity contribution in [3.8, 4) is 0 Å². The summed E-state index contributed by atoms with van der Waals surface area (Å²) in [7, 11) is 1.93. The van der Waals surface area contributed by atoms with Crippen LogP contribution in [0.1, 0.15) is 31.4 Å². The molecular weight excluding hydrogens is 320 g/mol. The number of nitrogens with zero attached hydrogens (tertiary/aromatic N) is 4. The first kappa shape index (κ1) is 13.4. The minimum atomic E-state index is 0.582. The minimum Gasteiger partial charge on any atom is -0.369 e. The first-order chi connectivity index (χ1) is 9.67. The van der Waals surface area contributed by atoms with Gasteiger partial charge in [0, 0.05) is 31.9 Å². The van der Waals surface area contributed by atoms with E-state index in [1.165, 1.54) is 12.8 Å². The second-order valence-electron chi connectivity index (χ2n) is 4.92. The maximum atomic E-state index is 4.52. The fraction of sp³-hybridized carbons (Fsp3) is 0.462. The fourth-order valence-corrected chi connectivity index (χ4v) is 2.43. The van der Waals surface area contributed by atoms with Crippen molar-refractivity contribution in [3.63, 3.8) is 0 Å². The Morgan fingerprint density at radius 2 is 2.25 bits per heavy atom. The number of aryl methyl sites for hydroxylation is 1. The maximum absolute atomic E-state index is 4.52. The quantitative estimate of drug-likeness (QED) is 0.878. The van der Waals surface area contributed by atoms with Gasteiger partial charge in [0.15, 0.2) is 0 Å². The molecule has 1 saturated carbocycles. The number of aromatic nitrogens is 4. The molecule has 0 aliphatic heterocycles. The fourth-order valence-electron chi connectivity index (χ4n) is 2.10. The SMILES string of the molecule is CCNc1nc(Nc2cn(C)nc2C2CC2)ncc1Br. The maximum Gasteiger partial charge on any atom is 0.229 e. The molecule has 1 aliphatic rings. The van der Waals surface area contributed by atoms with Crippen LogP contribution in [0.4, 0.5) is 17.5 Å². The normalized spacial score (nSPS) is 14.3. The molecule has 106 valence electrons. The van der Waals surface area contributed by atoms with Gasteiger partial charge in [-0.2, -0.15) is 10.1 Å². The summed E-state index contributed by atoms with van der Waals surface area (Å²) >= 11 is 3.44.